The van der Waals surface area contributed by atoms with Crippen LogP contribution in [0.3, 0.4) is 0 Å². The van der Waals surface area contributed by atoms with Crippen LogP contribution in [-0.4, -0.2) is 23.4 Å². The number of thiazole rings is 1. The zero-order chi connectivity index (χ0) is 15.4. The van der Waals surface area contributed by atoms with Gasteiger partial charge >= 0.3 is 5.97 Å². The first kappa shape index (κ1) is 14.7. The summed E-state index contributed by atoms with van der Waals surface area (Å²) in [4.78, 5) is 28.3. The fraction of sp³-hybridized carbons (Fsp3) is 0.133. The molecule has 0 unspecified atom stereocenters. The molecule has 0 bridgehead atoms. The Morgan fingerprint density at radius 3 is 2.82 bits per heavy atom. The van der Waals surface area contributed by atoms with Crippen LogP contribution in [0.2, 0.25) is 0 Å². The smallest absolute Gasteiger partial charge is 0.325 e. The number of nitrogens with zero attached hydrogens (tertiary/aromatic N) is 1. The molecule has 0 spiro atoms. The quantitative estimate of drug-likeness (QED) is 0.730. The van der Waals surface area contributed by atoms with Gasteiger partial charge < -0.3 is 10.1 Å². The molecule has 7 heteroatoms. The van der Waals surface area contributed by atoms with Crippen LogP contribution in [0.15, 0.2) is 41.8 Å². The van der Waals surface area contributed by atoms with Crippen LogP contribution in [-0.2, 0) is 16.1 Å². The predicted octanol–water partition coefficient (Wildman–Crippen LogP) is 2.83. The number of amides is 1. The van der Waals surface area contributed by atoms with Gasteiger partial charge in [0.05, 0.1) is 15.1 Å². The molecule has 112 valence electrons. The molecule has 0 radical (unpaired) electrons. The normalized spacial score (nSPS) is 10.5. The number of carbonyl (C=O) groups is 2. The van der Waals surface area contributed by atoms with Crippen LogP contribution in [0.1, 0.15) is 14.7 Å². The average Bonchev–Trinajstić information content (AvgIpc) is 3.19. The summed E-state index contributed by atoms with van der Waals surface area (Å²) in [5.41, 5.74) is 0.893. The fourth-order valence-electron chi connectivity index (χ4n) is 1.82. The molecule has 0 atom stereocenters. The monoisotopic (exact) mass is 332 g/mol. The molecule has 0 aliphatic carbocycles. The third kappa shape index (κ3) is 3.49. The van der Waals surface area contributed by atoms with E-state index in [1.54, 1.807) is 17.5 Å². The lowest BCUT2D eigenvalue weighted by Gasteiger charge is -2.04. The molecule has 3 aromatic rings. The Balaban J connectivity index is 1.49. The molecule has 0 aliphatic rings. The molecule has 3 rings (SSSR count). The van der Waals surface area contributed by atoms with Crippen LogP contribution < -0.4 is 5.32 Å². The van der Waals surface area contributed by atoms with Crippen LogP contribution in [0, 0.1) is 0 Å². The second-order valence-corrected chi connectivity index (χ2v) is 6.46. The predicted molar refractivity (Wildman–Crippen MR) is 86.1 cm³/mol. The van der Waals surface area contributed by atoms with E-state index < -0.39 is 5.97 Å². The van der Waals surface area contributed by atoms with Crippen molar-refractivity contribution in [2.45, 2.75) is 6.61 Å². The standard InChI is InChI=1S/C15H12N2O3S2/c18-14(8-16-15(19)12-6-3-7-21-12)20-9-13-17-10-4-1-2-5-11(10)22-13/h1-7H,8-9H2,(H,16,19). The van der Waals surface area contributed by atoms with E-state index in [9.17, 15) is 9.59 Å². The van der Waals surface area contributed by atoms with Gasteiger partial charge in [0.15, 0.2) is 0 Å². The van der Waals surface area contributed by atoms with E-state index >= 15 is 0 Å². The van der Waals surface area contributed by atoms with E-state index in [0.717, 1.165) is 15.2 Å². The Morgan fingerprint density at radius 1 is 1.18 bits per heavy atom. The molecule has 0 saturated carbocycles. The highest BCUT2D eigenvalue weighted by Crippen LogP contribution is 2.21. The minimum absolute atomic E-state index is 0.118. The molecule has 1 aromatic carbocycles. The summed E-state index contributed by atoms with van der Waals surface area (Å²) in [5.74, 6) is -0.754. The first-order chi connectivity index (χ1) is 10.7. The number of rotatable bonds is 5. The second kappa shape index (κ2) is 6.67. The highest BCUT2D eigenvalue weighted by atomic mass is 32.1. The average molecular weight is 332 g/mol. The number of aromatic nitrogens is 1. The third-order valence-corrected chi connectivity index (χ3v) is 4.71. The Bertz CT molecular complexity index is 763. The van der Waals surface area contributed by atoms with Crippen LogP contribution in [0.4, 0.5) is 0 Å². The zero-order valence-electron chi connectivity index (χ0n) is 11.4. The lowest BCUT2D eigenvalue weighted by atomic mass is 10.3. The highest BCUT2D eigenvalue weighted by Gasteiger charge is 2.11. The first-order valence-electron chi connectivity index (χ1n) is 6.54. The maximum Gasteiger partial charge on any atom is 0.325 e. The lowest BCUT2D eigenvalue weighted by molar-refractivity contribution is -0.143. The summed E-state index contributed by atoms with van der Waals surface area (Å²) in [6.45, 7) is -0.0331. The molecule has 1 N–H and O–H groups in total. The largest absolute Gasteiger partial charge is 0.457 e. The number of hydrogen-bond donors (Lipinski definition) is 1. The first-order valence-corrected chi connectivity index (χ1v) is 8.24. The molecule has 0 fully saturated rings. The summed E-state index contributed by atoms with van der Waals surface area (Å²) >= 11 is 2.81. The number of para-hydroxylation sites is 1. The SMILES string of the molecule is O=C(CNC(=O)c1cccs1)OCc1nc2ccccc2s1. The lowest BCUT2D eigenvalue weighted by Crippen LogP contribution is -2.30. The number of nitrogens with one attached hydrogen (secondary N) is 1. The second-order valence-electron chi connectivity index (χ2n) is 4.40. The van der Waals surface area contributed by atoms with Crippen molar-refractivity contribution in [3.63, 3.8) is 0 Å². The van der Waals surface area contributed by atoms with Gasteiger partial charge in [-0.1, -0.05) is 18.2 Å². The Labute approximate surface area is 134 Å². The van der Waals surface area contributed by atoms with E-state index in [2.05, 4.69) is 10.3 Å². The Morgan fingerprint density at radius 2 is 2.05 bits per heavy atom. The number of fused-ring (bicyclic) bond motifs is 1. The summed E-state index contributed by atoms with van der Waals surface area (Å²) in [5, 5.41) is 5.07. The van der Waals surface area contributed by atoms with Gasteiger partial charge in [-0.3, -0.25) is 9.59 Å². The molecule has 2 heterocycles. The maximum atomic E-state index is 11.7. The number of benzene rings is 1. The van der Waals surface area contributed by atoms with Gasteiger partial charge in [0.25, 0.3) is 5.91 Å². The van der Waals surface area contributed by atoms with Gasteiger partial charge in [0.2, 0.25) is 0 Å². The van der Waals surface area contributed by atoms with Crippen LogP contribution >= 0.6 is 22.7 Å². The van der Waals surface area contributed by atoms with E-state index in [4.69, 9.17) is 4.74 Å². The summed E-state index contributed by atoms with van der Waals surface area (Å²) < 4.78 is 6.18. The maximum absolute atomic E-state index is 11.7. The molecule has 1 amide bonds. The van der Waals surface area contributed by atoms with Gasteiger partial charge in [-0.25, -0.2) is 4.98 Å². The van der Waals surface area contributed by atoms with Crippen molar-refractivity contribution in [2.24, 2.45) is 0 Å². The highest BCUT2D eigenvalue weighted by molar-refractivity contribution is 7.18. The van der Waals surface area contributed by atoms with E-state index in [-0.39, 0.29) is 19.1 Å². The van der Waals surface area contributed by atoms with Crippen LogP contribution in [0.5, 0.6) is 0 Å². The number of ether oxygens (including phenoxy) is 1. The minimum Gasteiger partial charge on any atom is -0.457 e. The number of thiophene rings is 1. The third-order valence-electron chi connectivity index (χ3n) is 2.83. The molecular formula is C15H12N2O3S2. The van der Waals surface area contributed by atoms with Crippen LogP contribution in [0.25, 0.3) is 10.2 Å². The molecule has 0 aliphatic heterocycles. The van der Waals surface area contributed by atoms with Crippen molar-refractivity contribution < 1.29 is 14.3 Å². The molecule has 22 heavy (non-hydrogen) atoms. The van der Waals surface area contributed by atoms with E-state index in [1.807, 2.05) is 24.3 Å². The van der Waals surface area contributed by atoms with Crippen molar-refractivity contribution in [3.05, 3.63) is 51.7 Å². The molecule has 0 saturated heterocycles. The van der Waals surface area contributed by atoms with Crippen molar-refractivity contribution in [2.75, 3.05) is 6.54 Å². The number of esters is 1. The Hall–Kier alpha value is -2.25. The number of hydrogen-bond acceptors (Lipinski definition) is 6. The fourth-order valence-corrected chi connectivity index (χ4v) is 3.34. The van der Waals surface area contributed by atoms with E-state index in [0.29, 0.717) is 4.88 Å². The summed E-state index contributed by atoms with van der Waals surface area (Å²) in [6, 6.07) is 11.2. The number of carbonyl (C=O) groups excluding carboxylic acids is 2. The van der Waals surface area contributed by atoms with Crippen molar-refractivity contribution in [1.82, 2.24) is 10.3 Å². The Kier molecular flexibility index (Phi) is 4.45. The van der Waals surface area contributed by atoms with Gasteiger partial charge in [-0.05, 0) is 23.6 Å². The van der Waals surface area contributed by atoms with Crippen molar-refractivity contribution in [1.29, 1.82) is 0 Å². The minimum atomic E-state index is -0.482. The van der Waals surface area contributed by atoms with Gasteiger partial charge in [0, 0.05) is 0 Å². The van der Waals surface area contributed by atoms with Gasteiger partial charge in [0.1, 0.15) is 18.2 Å². The molecule has 5 nitrogen and oxygen atoms in total. The van der Waals surface area contributed by atoms with Crippen molar-refractivity contribution >= 4 is 44.8 Å². The van der Waals surface area contributed by atoms with Gasteiger partial charge in [-0.2, -0.15) is 0 Å². The summed E-state index contributed by atoms with van der Waals surface area (Å²) in [7, 11) is 0. The van der Waals surface area contributed by atoms with Crippen molar-refractivity contribution in [3.8, 4) is 0 Å². The summed E-state index contributed by atoms with van der Waals surface area (Å²) in [6.07, 6.45) is 0. The molecular weight excluding hydrogens is 320 g/mol. The van der Waals surface area contributed by atoms with Gasteiger partial charge in [-0.15, -0.1) is 22.7 Å². The molecule has 2 aromatic heterocycles. The topological polar surface area (TPSA) is 68.3 Å². The van der Waals surface area contributed by atoms with E-state index in [1.165, 1.54) is 22.7 Å². The zero-order valence-corrected chi connectivity index (χ0v) is 13.1.